The Morgan fingerprint density at radius 1 is 1.19 bits per heavy atom. The zero-order chi connectivity index (χ0) is 16.0. The Morgan fingerprint density at radius 3 is 2.19 bits per heavy atom. The van der Waals surface area contributed by atoms with Crippen LogP contribution in [0.4, 0.5) is 0 Å². The van der Waals surface area contributed by atoms with Crippen molar-refractivity contribution < 1.29 is 14.7 Å². The molecular formula is C16H23NO3S. The molecule has 2 N–H and O–H groups in total. The van der Waals surface area contributed by atoms with Gasteiger partial charge in [0.25, 0.3) is 0 Å². The molecule has 0 spiro atoms. The minimum absolute atomic E-state index is 0.0706. The molecule has 0 saturated carbocycles. The zero-order valence-corrected chi connectivity index (χ0v) is 13.6. The summed E-state index contributed by atoms with van der Waals surface area (Å²) < 4.78 is 0. The highest BCUT2D eigenvalue weighted by Crippen LogP contribution is 2.18. The second kappa shape index (κ2) is 8.08. The van der Waals surface area contributed by atoms with E-state index in [4.69, 9.17) is 5.11 Å². The van der Waals surface area contributed by atoms with Crippen LogP contribution in [0.25, 0.3) is 0 Å². The van der Waals surface area contributed by atoms with Gasteiger partial charge in [0.05, 0.1) is 5.92 Å². The van der Waals surface area contributed by atoms with Crippen LogP contribution >= 0.6 is 12.6 Å². The highest BCUT2D eigenvalue weighted by Gasteiger charge is 2.22. The van der Waals surface area contributed by atoms with Gasteiger partial charge >= 0.3 is 5.97 Å². The zero-order valence-electron chi connectivity index (χ0n) is 12.7. The predicted molar refractivity (Wildman–Crippen MR) is 86.8 cm³/mol. The highest BCUT2D eigenvalue weighted by atomic mass is 32.1. The molecule has 0 heterocycles. The summed E-state index contributed by atoms with van der Waals surface area (Å²) in [6.07, 6.45) is 1.00. The molecule has 5 heteroatoms. The third-order valence-electron chi connectivity index (χ3n) is 3.31. The molecule has 0 aliphatic heterocycles. The summed E-state index contributed by atoms with van der Waals surface area (Å²) in [5.74, 6) is -1.10. The van der Waals surface area contributed by atoms with Crippen LogP contribution in [-0.4, -0.2) is 28.8 Å². The maximum atomic E-state index is 12.1. The molecule has 1 rings (SSSR count). The molecule has 0 aliphatic rings. The van der Waals surface area contributed by atoms with Gasteiger partial charge in [-0.05, 0) is 30.4 Å². The van der Waals surface area contributed by atoms with E-state index < -0.39 is 12.0 Å². The van der Waals surface area contributed by atoms with Crippen molar-refractivity contribution in [3.63, 3.8) is 0 Å². The number of thiol groups is 1. The van der Waals surface area contributed by atoms with Gasteiger partial charge in [-0.25, -0.2) is 4.79 Å². The van der Waals surface area contributed by atoms with Crippen LogP contribution in [0.2, 0.25) is 0 Å². The predicted octanol–water partition coefficient (Wildman–Crippen LogP) is 2.49. The topological polar surface area (TPSA) is 66.4 Å². The van der Waals surface area contributed by atoms with Crippen molar-refractivity contribution in [3.8, 4) is 0 Å². The lowest BCUT2D eigenvalue weighted by Crippen LogP contribution is -2.43. The Hall–Kier alpha value is -1.49. The van der Waals surface area contributed by atoms with Crippen molar-refractivity contribution in [1.82, 2.24) is 5.32 Å². The number of carboxylic acids is 1. The molecule has 0 aromatic heterocycles. The van der Waals surface area contributed by atoms with Gasteiger partial charge in [-0.3, -0.25) is 4.79 Å². The maximum absolute atomic E-state index is 12.1. The van der Waals surface area contributed by atoms with Crippen molar-refractivity contribution in [2.75, 3.05) is 5.75 Å². The molecule has 1 aromatic carbocycles. The number of hydrogen-bond acceptors (Lipinski definition) is 3. The number of nitrogens with one attached hydrogen (secondary N) is 1. The number of carboxylic acid groups (broad SMARTS) is 1. The first-order valence-corrected chi connectivity index (χ1v) is 7.71. The van der Waals surface area contributed by atoms with Crippen molar-refractivity contribution >= 4 is 24.5 Å². The van der Waals surface area contributed by atoms with Gasteiger partial charge < -0.3 is 10.4 Å². The van der Waals surface area contributed by atoms with Gasteiger partial charge in [-0.15, -0.1) is 0 Å². The summed E-state index contributed by atoms with van der Waals surface area (Å²) in [6, 6.07) is 6.94. The SMILES string of the molecule is CC(C)Cc1ccc([C@@H](C)C(=O)N[C@H](CS)C(=O)O)cc1. The minimum Gasteiger partial charge on any atom is -0.480 e. The Labute approximate surface area is 131 Å². The van der Waals surface area contributed by atoms with E-state index in [1.165, 1.54) is 5.56 Å². The van der Waals surface area contributed by atoms with E-state index in [9.17, 15) is 9.59 Å². The Balaban J connectivity index is 2.71. The summed E-state index contributed by atoms with van der Waals surface area (Å²) in [4.78, 5) is 23.0. The van der Waals surface area contributed by atoms with Gasteiger partial charge in [0.15, 0.2) is 0 Å². The molecule has 21 heavy (non-hydrogen) atoms. The van der Waals surface area contributed by atoms with Crippen LogP contribution < -0.4 is 5.32 Å². The summed E-state index contributed by atoms with van der Waals surface area (Å²) in [5, 5.41) is 11.4. The lowest BCUT2D eigenvalue weighted by atomic mass is 9.96. The number of carbonyl (C=O) groups excluding carboxylic acids is 1. The largest absolute Gasteiger partial charge is 0.480 e. The Kier molecular flexibility index (Phi) is 6.75. The average molecular weight is 309 g/mol. The molecule has 0 unspecified atom stereocenters. The lowest BCUT2D eigenvalue weighted by Gasteiger charge is -2.17. The summed E-state index contributed by atoms with van der Waals surface area (Å²) in [7, 11) is 0. The second-order valence-corrected chi connectivity index (χ2v) is 6.01. The molecule has 0 fully saturated rings. The first-order valence-electron chi connectivity index (χ1n) is 7.08. The second-order valence-electron chi connectivity index (χ2n) is 5.64. The summed E-state index contributed by atoms with van der Waals surface area (Å²) >= 11 is 3.93. The van der Waals surface area contributed by atoms with Crippen molar-refractivity contribution in [3.05, 3.63) is 35.4 Å². The van der Waals surface area contributed by atoms with E-state index in [-0.39, 0.29) is 17.6 Å². The molecule has 0 saturated heterocycles. The minimum atomic E-state index is -1.07. The third-order valence-corrected chi connectivity index (χ3v) is 3.68. The fourth-order valence-electron chi connectivity index (χ4n) is 2.05. The number of carbonyl (C=O) groups is 2. The summed E-state index contributed by atoms with van der Waals surface area (Å²) in [5.41, 5.74) is 2.11. The number of amides is 1. The fourth-order valence-corrected chi connectivity index (χ4v) is 2.29. The molecule has 1 amide bonds. The summed E-state index contributed by atoms with van der Waals surface area (Å²) in [6.45, 7) is 6.09. The lowest BCUT2D eigenvalue weighted by molar-refractivity contribution is -0.141. The Morgan fingerprint density at radius 2 is 1.76 bits per heavy atom. The van der Waals surface area contributed by atoms with E-state index in [0.29, 0.717) is 5.92 Å². The van der Waals surface area contributed by atoms with Crippen molar-refractivity contribution in [2.45, 2.75) is 39.2 Å². The monoisotopic (exact) mass is 309 g/mol. The fraction of sp³-hybridized carbons (Fsp3) is 0.500. The molecular weight excluding hydrogens is 286 g/mol. The van der Waals surface area contributed by atoms with E-state index in [0.717, 1.165) is 12.0 Å². The normalized spacial score (nSPS) is 13.8. The van der Waals surface area contributed by atoms with Gasteiger partial charge in [0.2, 0.25) is 5.91 Å². The first kappa shape index (κ1) is 17.6. The number of hydrogen-bond donors (Lipinski definition) is 3. The molecule has 1 aromatic rings. The standard InChI is InChI=1S/C16H23NO3S/c1-10(2)8-12-4-6-13(7-5-12)11(3)15(18)17-14(9-21)16(19)20/h4-7,10-11,14,21H,8-9H2,1-3H3,(H,17,18)(H,19,20)/t11-,14-/m1/s1. The van der Waals surface area contributed by atoms with E-state index in [1.807, 2.05) is 24.3 Å². The molecule has 2 atom stereocenters. The Bertz CT molecular complexity index is 485. The molecule has 4 nitrogen and oxygen atoms in total. The number of aliphatic carboxylic acids is 1. The third kappa shape index (κ3) is 5.42. The van der Waals surface area contributed by atoms with Gasteiger partial charge in [0.1, 0.15) is 6.04 Å². The maximum Gasteiger partial charge on any atom is 0.327 e. The van der Waals surface area contributed by atoms with Crippen LogP contribution in [0, 0.1) is 5.92 Å². The van der Waals surface area contributed by atoms with E-state index in [2.05, 4.69) is 31.8 Å². The number of rotatable bonds is 7. The van der Waals surface area contributed by atoms with Crippen LogP contribution in [0.15, 0.2) is 24.3 Å². The van der Waals surface area contributed by atoms with Crippen LogP contribution in [0.5, 0.6) is 0 Å². The number of benzene rings is 1. The van der Waals surface area contributed by atoms with Gasteiger partial charge in [-0.2, -0.15) is 12.6 Å². The van der Waals surface area contributed by atoms with Crippen LogP contribution in [0.1, 0.15) is 37.8 Å². The van der Waals surface area contributed by atoms with E-state index in [1.54, 1.807) is 6.92 Å². The smallest absolute Gasteiger partial charge is 0.327 e. The van der Waals surface area contributed by atoms with E-state index >= 15 is 0 Å². The van der Waals surface area contributed by atoms with Crippen molar-refractivity contribution in [1.29, 1.82) is 0 Å². The highest BCUT2D eigenvalue weighted by molar-refractivity contribution is 7.80. The van der Waals surface area contributed by atoms with Crippen molar-refractivity contribution in [2.24, 2.45) is 5.92 Å². The van der Waals surface area contributed by atoms with Gasteiger partial charge in [-0.1, -0.05) is 38.1 Å². The van der Waals surface area contributed by atoms with Gasteiger partial charge in [0, 0.05) is 5.75 Å². The molecule has 116 valence electrons. The van der Waals surface area contributed by atoms with Crippen LogP contribution in [0.3, 0.4) is 0 Å². The average Bonchev–Trinajstić information content (AvgIpc) is 2.43. The first-order chi connectivity index (χ1) is 9.85. The van der Waals surface area contributed by atoms with Crippen LogP contribution in [-0.2, 0) is 16.0 Å². The molecule has 0 aliphatic carbocycles. The molecule has 0 bridgehead atoms. The quantitative estimate of drug-likeness (QED) is 0.678. The molecule has 0 radical (unpaired) electrons.